The van der Waals surface area contributed by atoms with Crippen LogP contribution in [0.3, 0.4) is 0 Å². The predicted octanol–water partition coefficient (Wildman–Crippen LogP) is 2.69. The molecule has 0 aliphatic rings. The first kappa shape index (κ1) is 16.5. The lowest BCUT2D eigenvalue weighted by Gasteiger charge is -2.19. The quantitative estimate of drug-likeness (QED) is 0.791. The SMILES string of the molecule is CCCC(C)C(=O)NC(CO)c1cc(F)c(F)c(F)c1. The number of aliphatic hydroxyl groups is 1. The first-order chi connectivity index (χ1) is 9.40. The van der Waals surface area contributed by atoms with Gasteiger partial charge in [-0.3, -0.25) is 4.79 Å². The van der Waals surface area contributed by atoms with Gasteiger partial charge in [-0.05, 0) is 24.1 Å². The van der Waals surface area contributed by atoms with Crippen LogP contribution in [-0.4, -0.2) is 17.6 Å². The topological polar surface area (TPSA) is 49.3 Å². The van der Waals surface area contributed by atoms with Gasteiger partial charge in [-0.1, -0.05) is 20.3 Å². The zero-order chi connectivity index (χ0) is 15.3. The number of hydrogen-bond acceptors (Lipinski definition) is 2. The van der Waals surface area contributed by atoms with Crippen LogP contribution >= 0.6 is 0 Å². The molecule has 0 radical (unpaired) electrons. The Balaban J connectivity index is 2.89. The molecule has 0 fully saturated rings. The van der Waals surface area contributed by atoms with Crippen molar-refractivity contribution in [3.05, 3.63) is 35.1 Å². The van der Waals surface area contributed by atoms with E-state index in [1.807, 2.05) is 6.92 Å². The van der Waals surface area contributed by atoms with Crippen LogP contribution in [0, 0.1) is 23.4 Å². The van der Waals surface area contributed by atoms with Crippen molar-refractivity contribution in [3.8, 4) is 0 Å². The molecule has 0 bridgehead atoms. The summed E-state index contributed by atoms with van der Waals surface area (Å²) >= 11 is 0. The van der Waals surface area contributed by atoms with Crippen molar-refractivity contribution in [1.29, 1.82) is 0 Å². The first-order valence-corrected chi connectivity index (χ1v) is 6.46. The van der Waals surface area contributed by atoms with Gasteiger partial charge in [-0.15, -0.1) is 0 Å². The Morgan fingerprint density at radius 1 is 1.30 bits per heavy atom. The van der Waals surface area contributed by atoms with E-state index < -0.39 is 30.1 Å². The van der Waals surface area contributed by atoms with Gasteiger partial charge in [-0.25, -0.2) is 13.2 Å². The maximum atomic E-state index is 13.1. The standard InChI is InChI=1S/C14H18F3NO2/c1-3-4-8(2)14(20)18-12(7-19)9-5-10(15)13(17)11(16)6-9/h5-6,8,12,19H,3-4,7H2,1-2H3,(H,18,20). The van der Waals surface area contributed by atoms with Crippen LogP contribution in [-0.2, 0) is 4.79 Å². The highest BCUT2D eigenvalue weighted by Crippen LogP contribution is 2.20. The largest absolute Gasteiger partial charge is 0.394 e. The molecule has 0 spiro atoms. The summed E-state index contributed by atoms with van der Waals surface area (Å²) in [5.74, 6) is -4.88. The second kappa shape index (κ2) is 7.28. The molecule has 6 heteroatoms. The van der Waals surface area contributed by atoms with Gasteiger partial charge < -0.3 is 10.4 Å². The molecule has 20 heavy (non-hydrogen) atoms. The van der Waals surface area contributed by atoms with Crippen molar-refractivity contribution >= 4 is 5.91 Å². The van der Waals surface area contributed by atoms with Crippen LogP contribution in [0.1, 0.15) is 38.3 Å². The molecular formula is C14H18F3NO2. The van der Waals surface area contributed by atoms with Crippen molar-refractivity contribution in [2.45, 2.75) is 32.7 Å². The predicted molar refractivity (Wildman–Crippen MR) is 68.4 cm³/mol. The maximum absolute atomic E-state index is 13.1. The van der Waals surface area contributed by atoms with Crippen molar-refractivity contribution in [1.82, 2.24) is 5.32 Å². The average Bonchev–Trinajstić information content (AvgIpc) is 2.41. The molecule has 0 saturated heterocycles. The Bertz CT molecular complexity index is 456. The minimum atomic E-state index is -1.57. The lowest BCUT2D eigenvalue weighted by molar-refractivity contribution is -0.125. The lowest BCUT2D eigenvalue weighted by Crippen LogP contribution is -2.34. The molecule has 1 amide bonds. The van der Waals surface area contributed by atoms with Gasteiger partial charge in [0.15, 0.2) is 17.5 Å². The first-order valence-electron chi connectivity index (χ1n) is 6.46. The average molecular weight is 289 g/mol. The number of halogens is 3. The third kappa shape index (κ3) is 3.96. The number of amides is 1. The summed E-state index contributed by atoms with van der Waals surface area (Å²) in [4.78, 5) is 11.8. The number of carbonyl (C=O) groups excluding carboxylic acids is 1. The summed E-state index contributed by atoms with van der Waals surface area (Å²) in [5, 5.41) is 11.7. The van der Waals surface area contributed by atoms with Crippen molar-refractivity contribution < 1.29 is 23.1 Å². The smallest absolute Gasteiger partial charge is 0.223 e. The fraction of sp³-hybridized carbons (Fsp3) is 0.500. The van der Waals surface area contributed by atoms with Crippen LogP contribution in [0.25, 0.3) is 0 Å². The number of carbonyl (C=O) groups is 1. The molecular weight excluding hydrogens is 271 g/mol. The molecule has 0 saturated carbocycles. The monoisotopic (exact) mass is 289 g/mol. The second-order valence-electron chi connectivity index (χ2n) is 4.73. The summed E-state index contributed by atoms with van der Waals surface area (Å²) in [6.07, 6.45) is 1.48. The van der Waals surface area contributed by atoms with E-state index in [9.17, 15) is 23.1 Å². The van der Waals surface area contributed by atoms with Crippen molar-refractivity contribution in [2.75, 3.05) is 6.61 Å². The van der Waals surface area contributed by atoms with Crippen LogP contribution in [0.4, 0.5) is 13.2 Å². The normalized spacial score (nSPS) is 13.9. The van der Waals surface area contributed by atoms with E-state index in [0.29, 0.717) is 6.42 Å². The highest BCUT2D eigenvalue weighted by atomic mass is 19.2. The van der Waals surface area contributed by atoms with Crippen LogP contribution in [0.15, 0.2) is 12.1 Å². The number of nitrogens with one attached hydrogen (secondary N) is 1. The summed E-state index contributed by atoms with van der Waals surface area (Å²) < 4.78 is 39.2. The number of rotatable bonds is 6. The van der Waals surface area contributed by atoms with Crippen LogP contribution in [0.5, 0.6) is 0 Å². The molecule has 0 heterocycles. The van der Waals surface area contributed by atoms with E-state index in [2.05, 4.69) is 5.32 Å². The molecule has 2 atom stereocenters. The molecule has 1 rings (SSSR count). The minimum Gasteiger partial charge on any atom is -0.394 e. The minimum absolute atomic E-state index is 0.0130. The molecule has 112 valence electrons. The fourth-order valence-corrected chi connectivity index (χ4v) is 1.89. The second-order valence-corrected chi connectivity index (χ2v) is 4.73. The summed E-state index contributed by atoms with van der Waals surface area (Å²) in [5.41, 5.74) is -0.0130. The van der Waals surface area contributed by atoms with E-state index in [1.165, 1.54) is 0 Å². The van der Waals surface area contributed by atoms with Gasteiger partial charge in [0, 0.05) is 5.92 Å². The Morgan fingerprint density at radius 3 is 2.30 bits per heavy atom. The highest BCUT2D eigenvalue weighted by Gasteiger charge is 2.20. The van der Waals surface area contributed by atoms with Gasteiger partial charge in [0.25, 0.3) is 0 Å². The van der Waals surface area contributed by atoms with Crippen molar-refractivity contribution in [2.24, 2.45) is 5.92 Å². The van der Waals surface area contributed by atoms with E-state index in [1.54, 1.807) is 6.92 Å². The van der Waals surface area contributed by atoms with Gasteiger partial charge in [0.1, 0.15) is 0 Å². The van der Waals surface area contributed by atoms with E-state index in [4.69, 9.17) is 0 Å². The summed E-state index contributed by atoms with van der Waals surface area (Å²) in [6, 6.07) is 0.570. The lowest BCUT2D eigenvalue weighted by atomic mass is 10.0. The summed E-state index contributed by atoms with van der Waals surface area (Å²) in [7, 11) is 0. The number of benzene rings is 1. The Hall–Kier alpha value is -1.56. The van der Waals surface area contributed by atoms with Gasteiger partial charge in [-0.2, -0.15) is 0 Å². The van der Waals surface area contributed by atoms with Gasteiger partial charge >= 0.3 is 0 Å². The molecule has 0 aliphatic carbocycles. The van der Waals surface area contributed by atoms with Crippen LogP contribution < -0.4 is 5.32 Å². The fourth-order valence-electron chi connectivity index (χ4n) is 1.89. The van der Waals surface area contributed by atoms with E-state index in [0.717, 1.165) is 18.6 Å². The third-order valence-corrected chi connectivity index (χ3v) is 3.08. The molecule has 1 aromatic rings. The number of hydrogen-bond donors (Lipinski definition) is 2. The van der Waals surface area contributed by atoms with Crippen molar-refractivity contribution in [3.63, 3.8) is 0 Å². The Labute approximate surface area is 115 Å². The van der Waals surface area contributed by atoms with Crippen LogP contribution in [0.2, 0.25) is 0 Å². The zero-order valence-electron chi connectivity index (χ0n) is 11.4. The van der Waals surface area contributed by atoms with Gasteiger partial charge in [0.2, 0.25) is 5.91 Å². The highest BCUT2D eigenvalue weighted by molar-refractivity contribution is 5.78. The number of aliphatic hydroxyl groups excluding tert-OH is 1. The van der Waals surface area contributed by atoms with E-state index >= 15 is 0 Å². The molecule has 0 aliphatic heterocycles. The third-order valence-electron chi connectivity index (χ3n) is 3.08. The Morgan fingerprint density at radius 2 is 1.85 bits per heavy atom. The maximum Gasteiger partial charge on any atom is 0.223 e. The van der Waals surface area contributed by atoms with Gasteiger partial charge in [0.05, 0.1) is 12.6 Å². The molecule has 0 aromatic heterocycles. The molecule has 2 unspecified atom stereocenters. The molecule has 3 nitrogen and oxygen atoms in total. The zero-order valence-corrected chi connectivity index (χ0v) is 11.4. The molecule has 1 aromatic carbocycles. The summed E-state index contributed by atoms with van der Waals surface area (Å²) in [6.45, 7) is 3.12. The van der Waals surface area contributed by atoms with E-state index in [-0.39, 0.29) is 17.4 Å². The Kier molecular flexibility index (Phi) is 6.01. The molecule has 2 N–H and O–H groups in total.